The molecule has 0 aliphatic heterocycles. The summed E-state index contributed by atoms with van der Waals surface area (Å²) in [6.45, 7) is 0. The van der Waals surface area contributed by atoms with Crippen LogP contribution in [0.5, 0.6) is 5.75 Å². The summed E-state index contributed by atoms with van der Waals surface area (Å²) in [7, 11) is -0.634. The molecule has 0 atom stereocenters. The number of hydrogen-bond acceptors (Lipinski definition) is 5. The molecule has 0 amide bonds. The number of ether oxygens (including phenoxy) is 1. The van der Waals surface area contributed by atoms with Crippen LogP contribution in [0.1, 0.15) is 21.5 Å². The van der Waals surface area contributed by atoms with Crippen LogP contribution in [0.2, 0.25) is 0 Å². The smallest absolute Gasteiger partial charge is 0.343 e. The number of sulfonamides is 1. The summed E-state index contributed by atoms with van der Waals surface area (Å²) in [5.41, 5.74) is 2.26. The summed E-state index contributed by atoms with van der Waals surface area (Å²) >= 11 is 0. The maximum atomic E-state index is 12.3. The minimum absolute atomic E-state index is 0.115. The molecule has 6 nitrogen and oxygen atoms in total. The lowest BCUT2D eigenvalue weighted by Gasteiger charge is -2.11. The van der Waals surface area contributed by atoms with Crippen LogP contribution in [0.4, 0.5) is 0 Å². The highest BCUT2D eigenvalue weighted by molar-refractivity contribution is 7.89. The van der Waals surface area contributed by atoms with Crippen molar-refractivity contribution in [2.75, 3.05) is 14.1 Å². The van der Waals surface area contributed by atoms with Crippen molar-refractivity contribution < 1.29 is 17.9 Å². The molecule has 0 saturated carbocycles. The quantitative estimate of drug-likeness (QED) is 0.459. The van der Waals surface area contributed by atoms with E-state index in [0.717, 1.165) is 15.4 Å². The summed E-state index contributed by atoms with van der Waals surface area (Å²) in [6, 6.07) is 16.5. The number of nitrogens with zero attached hydrogens (tertiary/aromatic N) is 2. The Balaban J connectivity index is 1.66. The number of hydrogen-bond donors (Lipinski definition) is 0. The lowest BCUT2D eigenvalue weighted by molar-refractivity contribution is 0.0734. The van der Waals surface area contributed by atoms with Crippen molar-refractivity contribution in [1.29, 1.82) is 0 Å². The maximum absolute atomic E-state index is 12.3. The SMILES string of the molecule is CN(C)S(=O)(=O)c1ccc(C(=O)Oc2ccc(/C=C/c3ccncc3)cc2)cc1. The van der Waals surface area contributed by atoms with Crippen LogP contribution in [-0.2, 0) is 10.0 Å². The summed E-state index contributed by atoms with van der Waals surface area (Å²) in [6.07, 6.45) is 7.37. The second-order valence-corrected chi connectivity index (χ2v) is 8.54. The second-order valence-electron chi connectivity index (χ2n) is 6.38. The van der Waals surface area contributed by atoms with Crippen LogP contribution < -0.4 is 4.74 Å². The third-order valence-electron chi connectivity index (χ3n) is 4.13. The molecule has 0 fully saturated rings. The van der Waals surface area contributed by atoms with E-state index in [2.05, 4.69) is 4.98 Å². The molecule has 0 radical (unpaired) electrons. The number of pyridine rings is 1. The van der Waals surface area contributed by atoms with Crippen molar-refractivity contribution >= 4 is 28.1 Å². The number of rotatable bonds is 6. The normalized spacial score (nSPS) is 11.7. The fourth-order valence-electron chi connectivity index (χ4n) is 2.45. The third-order valence-corrected chi connectivity index (χ3v) is 5.96. The van der Waals surface area contributed by atoms with Crippen molar-refractivity contribution in [1.82, 2.24) is 9.29 Å². The fraction of sp³-hybridized carbons (Fsp3) is 0.0909. The molecule has 0 bridgehead atoms. The van der Waals surface area contributed by atoms with Crippen molar-refractivity contribution in [3.8, 4) is 5.75 Å². The molecular formula is C22H20N2O4S. The Morgan fingerprint density at radius 1 is 0.862 bits per heavy atom. The molecule has 0 N–H and O–H groups in total. The van der Waals surface area contributed by atoms with E-state index in [9.17, 15) is 13.2 Å². The van der Waals surface area contributed by atoms with E-state index < -0.39 is 16.0 Å². The van der Waals surface area contributed by atoms with Gasteiger partial charge < -0.3 is 4.74 Å². The number of carbonyl (C=O) groups excluding carboxylic acids is 1. The molecule has 0 aliphatic rings. The van der Waals surface area contributed by atoms with E-state index in [1.165, 1.54) is 38.4 Å². The molecule has 0 aliphatic carbocycles. The van der Waals surface area contributed by atoms with Gasteiger partial charge in [-0.3, -0.25) is 4.98 Å². The van der Waals surface area contributed by atoms with Crippen molar-refractivity contribution in [2.45, 2.75) is 4.90 Å². The van der Waals surface area contributed by atoms with Gasteiger partial charge in [-0.2, -0.15) is 0 Å². The molecule has 148 valence electrons. The Bertz CT molecular complexity index is 1110. The van der Waals surface area contributed by atoms with Crippen molar-refractivity contribution in [3.63, 3.8) is 0 Å². The molecule has 7 heteroatoms. The largest absolute Gasteiger partial charge is 0.423 e. The predicted molar refractivity (Wildman–Crippen MR) is 112 cm³/mol. The van der Waals surface area contributed by atoms with Gasteiger partial charge in [0.1, 0.15) is 5.75 Å². The zero-order valence-electron chi connectivity index (χ0n) is 16.0. The molecular weight excluding hydrogens is 388 g/mol. The second kappa shape index (κ2) is 8.81. The van der Waals surface area contributed by atoms with Gasteiger partial charge in [-0.1, -0.05) is 24.3 Å². The van der Waals surface area contributed by atoms with Crippen molar-refractivity contribution in [2.24, 2.45) is 0 Å². The zero-order chi connectivity index (χ0) is 20.9. The van der Waals surface area contributed by atoms with Crippen LogP contribution in [0.3, 0.4) is 0 Å². The van der Waals surface area contributed by atoms with E-state index in [1.807, 2.05) is 36.4 Å². The highest BCUT2D eigenvalue weighted by atomic mass is 32.2. The molecule has 1 heterocycles. The molecule has 0 unspecified atom stereocenters. The molecule has 3 aromatic rings. The van der Waals surface area contributed by atoms with Crippen LogP contribution in [0.15, 0.2) is 78.0 Å². The Labute approximate surface area is 170 Å². The Morgan fingerprint density at radius 2 is 1.41 bits per heavy atom. The van der Waals surface area contributed by atoms with Gasteiger partial charge in [-0.15, -0.1) is 0 Å². The monoisotopic (exact) mass is 408 g/mol. The van der Waals surface area contributed by atoms with Gasteiger partial charge in [0.25, 0.3) is 0 Å². The highest BCUT2D eigenvalue weighted by Crippen LogP contribution is 2.18. The first-order chi connectivity index (χ1) is 13.9. The molecule has 1 aromatic heterocycles. The van der Waals surface area contributed by atoms with Crippen LogP contribution in [0.25, 0.3) is 12.2 Å². The van der Waals surface area contributed by atoms with Crippen LogP contribution in [-0.4, -0.2) is 37.8 Å². The number of carbonyl (C=O) groups is 1. The average Bonchev–Trinajstić information content (AvgIpc) is 2.74. The topological polar surface area (TPSA) is 76.6 Å². The van der Waals surface area contributed by atoms with E-state index in [-0.39, 0.29) is 10.5 Å². The summed E-state index contributed by atoms with van der Waals surface area (Å²) in [4.78, 5) is 16.4. The Kier molecular flexibility index (Phi) is 6.21. The van der Waals surface area contributed by atoms with Gasteiger partial charge in [0.2, 0.25) is 10.0 Å². The zero-order valence-corrected chi connectivity index (χ0v) is 16.8. The first kappa shape index (κ1) is 20.4. The minimum Gasteiger partial charge on any atom is -0.423 e. The Morgan fingerprint density at radius 3 is 1.97 bits per heavy atom. The van der Waals surface area contributed by atoms with Gasteiger partial charge in [-0.25, -0.2) is 17.5 Å². The van der Waals surface area contributed by atoms with Gasteiger partial charge in [0.05, 0.1) is 10.5 Å². The molecule has 0 saturated heterocycles. The number of aromatic nitrogens is 1. The van der Waals surface area contributed by atoms with Gasteiger partial charge in [0, 0.05) is 26.5 Å². The van der Waals surface area contributed by atoms with Crippen LogP contribution in [0, 0.1) is 0 Å². The summed E-state index contributed by atoms with van der Waals surface area (Å²) in [5.74, 6) is -0.153. The Hall–Kier alpha value is -3.29. The van der Waals surface area contributed by atoms with E-state index in [4.69, 9.17) is 4.74 Å². The standard InChI is InChI=1S/C22H20N2O4S/c1-24(2)29(26,27)21-11-7-19(8-12-21)22(25)28-20-9-5-17(6-10-20)3-4-18-13-15-23-16-14-18/h3-16H,1-2H3/b4-3+. The first-order valence-corrected chi connectivity index (χ1v) is 10.2. The molecule has 2 aromatic carbocycles. The van der Waals surface area contributed by atoms with Crippen LogP contribution >= 0.6 is 0 Å². The van der Waals surface area contributed by atoms with E-state index in [0.29, 0.717) is 5.75 Å². The van der Waals surface area contributed by atoms with Gasteiger partial charge in [-0.05, 0) is 59.7 Å². The summed E-state index contributed by atoms with van der Waals surface area (Å²) < 4.78 is 30.6. The van der Waals surface area contributed by atoms with E-state index in [1.54, 1.807) is 24.5 Å². The third kappa shape index (κ3) is 5.16. The lowest BCUT2D eigenvalue weighted by atomic mass is 10.1. The predicted octanol–water partition coefficient (Wildman–Crippen LogP) is 3.72. The highest BCUT2D eigenvalue weighted by Gasteiger charge is 2.18. The summed E-state index contributed by atoms with van der Waals surface area (Å²) in [5, 5.41) is 0. The molecule has 0 spiro atoms. The minimum atomic E-state index is -3.54. The molecule has 3 rings (SSSR count). The van der Waals surface area contributed by atoms with Gasteiger partial charge >= 0.3 is 5.97 Å². The van der Waals surface area contributed by atoms with Crippen molar-refractivity contribution in [3.05, 3.63) is 89.7 Å². The number of benzene rings is 2. The average molecular weight is 408 g/mol. The van der Waals surface area contributed by atoms with Gasteiger partial charge in [0.15, 0.2) is 0 Å². The van der Waals surface area contributed by atoms with E-state index >= 15 is 0 Å². The first-order valence-electron chi connectivity index (χ1n) is 8.79. The maximum Gasteiger partial charge on any atom is 0.343 e. The number of esters is 1. The fourth-order valence-corrected chi connectivity index (χ4v) is 3.36. The lowest BCUT2D eigenvalue weighted by Crippen LogP contribution is -2.22. The molecule has 29 heavy (non-hydrogen) atoms.